The van der Waals surface area contributed by atoms with Crippen LogP contribution in [0.3, 0.4) is 0 Å². The zero-order valence-corrected chi connectivity index (χ0v) is 11.5. The Morgan fingerprint density at radius 3 is 2.94 bits per heavy atom. The molecule has 0 radical (unpaired) electrons. The fourth-order valence-electron chi connectivity index (χ4n) is 1.67. The Hall–Kier alpha value is -0.620. The van der Waals surface area contributed by atoms with Crippen LogP contribution in [0.1, 0.15) is 25.7 Å². The van der Waals surface area contributed by atoms with Crippen molar-refractivity contribution in [2.75, 3.05) is 20.3 Å². The number of amides is 1. The van der Waals surface area contributed by atoms with Crippen molar-refractivity contribution in [3.63, 3.8) is 0 Å². The predicted molar refractivity (Wildman–Crippen MR) is 65.9 cm³/mol. The number of methoxy groups -OCH3 is 1. The van der Waals surface area contributed by atoms with Crippen molar-refractivity contribution >= 4 is 27.8 Å². The monoisotopic (exact) mass is 307 g/mol. The molecule has 0 bridgehead atoms. The molecule has 0 aromatic rings. The number of alkyl halides is 1. The lowest BCUT2D eigenvalue weighted by Crippen LogP contribution is -2.34. The third-order valence-electron chi connectivity index (χ3n) is 2.65. The van der Waals surface area contributed by atoms with E-state index in [2.05, 4.69) is 26.0 Å². The molecule has 1 amide bonds. The van der Waals surface area contributed by atoms with Crippen molar-refractivity contribution in [2.24, 2.45) is 0 Å². The molecule has 6 heteroatoms. The van der Waals surface area contributed by atoms with Gasteiger partial charge < -0.3 is 14.8 Å². The molecule has 0 aromatic carbocycles. The first-order chi connectivity index (χ1) is 8.13. The Labute approximate surface area is 109 Å². The number of halogens is 1. The van der Waals surface area contributed by atoms with Crippen molar-refractivity contribution < 1.29 is 19.1 Å². The Bertz CT molecular complexity index is 266. The molecular formula is C11H18BrNO4. The highest BCUT2D eigenvalue weighted by atomic mass is 79.9. The van der Waals surface area contributed by atoms with Crippen LogP contribution in [-0.4, -0.2) is 43.1 Å². The summed E-state index contributed by atoms with van der Waals surface area (Å²) >= 11 is 3.14. The van der Waals surface area contributed by atoms with Crippen LogP contribution < -0.4 is 5.32 Å². The summed E-state index contributed by atoms with van der Waals surface area (Å²) in [6.07, 6.45) is 3.53. The van der Waals surface area contributed by atoms with Crippen molar-refractivity contribution in [3.8, 4) is 0 Å². The van der Waals surface area contributed by atoms with Gasteiger partial charge in [-0.3, -0.25) is 9.59 Å². The molecule has 1 N–H and O–H groups in total. The van der Waals surface area contributed by atoms with Gasteiger partial charge in [-0.15, -0.1) is 0 Å². The number of hydrogen-bond acceptors (Lipinski definition) is 4. The SMILES string of the molecule is COC(=O)C(Br)CNC(=O)CCC1CCCO1. The van der Waals surface area contributed by atoms with Crippen LogP contribution in [-0.2, 0) is 19.1 Å². The topological polar surface area (TPSA) is 64.6 Å². The van der Waals surface area contributed by atoms with Crippen molar-refractivity contribution in [2.45, 2.75) is 36.6 Å². The van der Waals surface area contributed by atoms with E-state index in [0.29, 0.717) is 6.42 Å². The molecule has 1 heterocycles. The van der Waals surface area contributed by atoms with Crippen LogP contribution in [0.4, 0.5) is 0 Å². The second-order valence-corrected chi connectivity index (χ2v) is 5.07. The zero-order chi connectivity index (χ0) is 12.7. The van der Waals surface area contributed by atoms with Gasteiger partial charge in [0.05, 0.1) is 13.2 Å². The second-order valence-electron chi connectivity index (χ2n) is 3.97. The van der Waals surface area contributed by atoms with Crippen molar-refractivity contribution in [1.29, 1.82) is 0 Å². The van der Waals surface area contributed by atoms with Crippen LogP contribution in [0.5, 0.6) is 0 Å². The van der Waals surface area contributed by atoms with Gasteiger partial charge in [-0.2, -0.15) is 0 Å². The molecule has 0 saturated carbocycles. The normalized spacial score (nSPS) is 20.9. The van der Waals surface area contributed by atoms with Gasteiger partial charge in [0.2, 0.25) is 5.91 Å². The zero-order valence-electron chi connectivity index (χ0n) is 9.91. The molecule has 17 heavy (non-hydrogen) atoms. The van der Waals surface area contributed by atoms with Crippen molar-refractivity contribution in [1.82, 2.24) is 5.32 Å². The van der Waals surface area contributed by atoms with E-state index in [-0.39, 0.29) is 24.5 Å². The quantitative estimate of drug-likeness (QED) is 0.587. The molecular weight excluding hydrogens is 290 g/mol. The second kappa shape index (κ2) is 7.66. The number of carbonyl (C=O) groups excluding carboxylic acids is 2. The first-order valence-electron chi connectivity index (χ1n) is 5.73. The summed E-state index contributed by atoms with van der Waals surface area (Å²) in [5.74, 6) is -0.446. The third-order valence-corrected chi connectivity index (χ3v) is 3.35. The summed E-state index contributed by atoms with van der Waals surface area (Å²) in [5.41, 5.74) is 0. The maximum absolute atomic E-state index is 11.5. The van der Waals surface area contributed by atoms with E-state index in [1.165, 1.54) is 7.11 Å². The van der Waals surface area contributed by atoms with Gasteiger partial charge in [-0.1, -0.05) is 15.9 Å². The predicted octanol–water partition coefficient (Wildman–Crippen LogP) is 0.998. The van der Waals surface area contributed by atoms with Gasteiger partial charge in [-0.05, 0) is 19.3 Å². The smallest absolute Gasteiger partial charge is 0.321 e. The van der Waals surface area contributed by atoms with Gasteiger partial charge in [0, 0.05) is 19.6 Å². The molecule has 98 valence electrons. The van der Waals surface area contributed by atoms with Gasteiger partial charge in [-0.25, -0.2) is 0 Å². The summed E-state index contributed by atoms with van der Waals surface area (Å²) in [6.45, 7) is 1.05. The van der Waals surface area contributed by atoms with Crippen LogP contribution in [0, 0.1) is 0 Å². The number of esters is 1. The van der Waals surface area contributed by atoms with E-state index in [9.17, 15) is 9.59 Å². The molecule has 2 atom stereocenters. The maximum Gasteiger partial charge on any atom is 0.321 e. The minimum atomic E-state index is -0.487. The van der Waals surface area contributed by atoms with Gasteiger partial charge in [0.1, 0.15) is 4.83 Å². The molecule has 0 spiro atoms. The average Bonchev–Trinajstić information content (AvgIpc) is 2.85. The lowest BCUT2D eigenvalue weighted by atomic mass is 10.1. The number of ether oxygens (including phenoxy) is 2. The summed E-state index contributed by atoms with van der Waals surface area (Å²) in [7, 11) is 1.32. The molecule has 0 aromatic heterocycles. The fraction of sp³-hybridized carbons (Fsp3) is 0.818. The van der Waals surface area contributed by atoms with Crippen LogP contribution in [0.15, 0.2) is 0 Å². The summed E-state index contributed by atoms with van der Waals surface area (Å²) in [5, 5.41) is 2.68. The highest BCUT2D eigenvalue weighted by molar-refractivity contribution is 9.10. The minimum absolute atomic E-state index is 0.0612. The average molecular weight is 308 g/mol. The molecule has 1 rings (SSSR count). The maximum atomic E-state index is 11.5. The molecule has 5 nitrogen and oxygen atoms in total. The Morgan fingerprint density at radius 2 is 2.35 bits per heavy atom. The number of nitrogens with one attached hydrogen (secondary N) is 1. The molecule has 0 aliphatic carbocycles. The standard InChI is InChI=1S/C11H18BrNO4/c1-16-11(15)9(12)7-13-10(14)5-4-8-3-2-6-17-8/h8-9H,2-7H2,1H3,(H,13,14). The first-order valence-corrected chi connectivity index (χ1v) is 6.65. The van der Waals surface area contributed by atoms with Gasteiger partial charge in [0.15, 0.2) is 0 Å². The van der Waals surface area contributed by atoms with Gasteiger partial charge >= 0.3 is 5.97 Å². The largest absolute Gasteiger partial charge is 0.468 e. The molecule has 2 unspecified atom stereocenters. The van der Waals surface area contributed by atoms with E-state index in [4.69, 9.17) is 4.74 Å². The van der Waals surface area contributed by atoms with E-state index in [1.54, 1.807) is 0 Å². The summed E-state index contributed by atoms with van der Waals surface area (Å²) < 4.78 is 9.95. The molecule has 1 aliphatic heterocycles. The number of hydrogen-bond donors (Lipinski definition) is 1. The van der Waals surface area contributed by atoms with E-state index < -0.39 is 4.83 Å². The van der Waals surface area contributed by atoms with E-state index in [0.717, 1.165) is 25.9 Å². The van der Waals surface area contributed by atoms with Crippen LogP contribution in [0.2, 0.25) is 0 Å². The summed E-state index contributed by atoms with van der Waals surface area (Å²) in [4.78, 5) is 22.0. The first kappa shape index (κ1) is 14.4. The Morgan fingerprint density at radius 1 is 1.59 bits per heavy atom. The van der Waals surface area contributed by atoms with E-state index >= 15 is 0 Å². The lowest BCUT2D eigenvalue weighted by molar-refractivity contribution is -0.139. The Balaban J connectivity index is 2.10. The molecule has 1 saturated heterocycles. The summed E-state index contributed by atoms with van der Waals surface area (Å²) in [6, 6.07) is 0. The van der Waals surface area contributed by atoms with E-state index in [1.807, 2.05) is 0 Å². The fourth-order valence-corrected chi connectivity index (χ4v) is 2.02. The van der Waals surface area contributed by atoms with Crippen LogP contribution >= 0.6 is 15.9 Å². The number of carbonyl (C=O) groups is 2. The molecule has 1 aliphatic rings. The highest BCUT2D eigenvalue weighted by Gasteiger charge is 2.18. The van der Waals surface area contributed by atoms with Crippen LogP contribution in [0.25, 0.3) is 0 Å². The number of rotatable bonds is 6. The van der Waals surface area contributed by atoms with Gasteiger partial charge in [0.25, 0.3) is 0 Å². The van der Waals surface area contributed by atoms with Crippen molar-refractivity contribution in [3.05, 3.63) is 0 Å². The molecule has 1 fully saturated rings. The Kier molecular flexibility index (Phi) is 6.50. The highest BCUT2D eigenvalue weighted by Crippen LogP contribution is 2.16. The lowest BCUT2D eigenvalue weighted by Gasteiger charge is -2.11. The minimum Gasteiger partial charge on any atom is -0.468 e. The third kappa shape index (κ3) is 5.50.